The minimum absolute atomic E-state index is 0.0559. The summed E-state index contributed by atoms with van der Waals surface area (Å²) in [5.74, 6) is 0.108. The van der Waals surface area contributed by atoms with Crippen LogP contribution in [0.15, 0.2) is 54.7 Å². The number of carbonyl (C=O) groups is 2. The van der Waals surface area contributed by atoms with Gasteiger partial charge >= 0.3 is 5.97 Å². The van der Waals surface area contributed by atoms with Crippen molar-refractivity contribution in [2.75, 3.05) is 5.32 Å². The Morgan fingerprint density at radius 2 is 1.72 bits per heavy atom. The summed E-state index contributed by atoms with van der Waals surface area (Å²) in [7, 11) is 0. The molecule has 0 saturated carbocycles. The average Bonchev–Trinajstić information content (AvgIpc) is 3.08. The van der Waals surface area contributed by atoms with Crippen LogP contribution in [0.3, 0.4) is 0 Å². The number of ether oxygens (including phenoxy) is 1. The van der Waals surface area contributed by atoms with Crippen molar-refractivity contribution in [3.05, 3.63) is 88.2 Å². The lowest BCUT2D eigenvalue weighted by molar-refractivity contribution is 0.0436. The van der Waals surface area contributed by atoms with Crippen LogP contribution in [-0.2, 0) is 16.6 Å². The third-order valence-corrected chi connectivity index (χ3v) is 6.24. The Hall–Kier alpha value is -3.54. The number of cyclic esters (lactones) is 1. The van der Waals surface area contributed by atoms with Crippen LogP contribution in [0.4, 0.5) is 5.95 Å². The Morgan fingerprint density at radius 1 is 0.969 bits per heavy atom. The maximum atomic E-state index is 12.8. The molecule has 32 heavy (non-hydrogen) atoms. The van der Waals surface area contributed by atoms with E-state index in [1.807, 2.05) is 12.1 Å². The second-order valence-electron chi connectivity index (χ2n) is 9.47. The lowest BCUT2D eigenvalue weighted by atomic mass is 9.80. The zero-order chi connectivity index (χ0) is 22.5. The highest BCUT2D eigenvalue weighted by Crippen LogP contribution is 2.34. The Bertz CT molecular complexity index is 1210. The van der Waals surface area contributed by atoms with Gasteiger partial charge < -0.3 is 10.1 Å². The van der Waals surface area contributed by atoms with Crippen molar-refractivity contribution in [2.45, 2.75) is 51.2 Å². The Morgan fingerprint density at radius 3 is 2.47 bits per heavy atom. The van der Waals surface area contributed by atoms with Gasteiger partial charge in [0.15, 0.2) is 5.78 Å². The smallest absolute Gasteiger partial charge is 0.340 e. The maximum Gasteiger partial charge on any atom is 0.340 e. The summed E-state index contributed by atoms with van der Waals surface area (Å²) in [6.45, 7) is 6.57. The van der Waals surface area contributed by atoms with Crippen LogP contribution >= 0.6 is 0 Å². The number of nitrogens with zero attached hydrogens (tertiary/aromatic N) is 2. The average molecular weight is 428 g/mol. The normalized spacial score (nSPS) is 19.8. The summed E-state index contributed by atoms with van der Waals surface area (Å²) < 4.78 is 5.43. The molecule has 0 fully saturated rings. The quantitative estimate of drug-likeness (QED) is 0.595. The molecule has 2 atom stereocenters. The van der Waals surface area contributed by atoms with Gasteiger partial charge in [0.05, 0.1) is 16.8 Å². The van der Waals surface area contributed by atoms with E-state index in [4.69, 9.17) is 4.74 Å². The first-order valence-corrected chi connectivity index (χ1v) is 10.9. The van der Waals surface area contributed by atoms with Gasteiger partial charge in [0.25, 0.3) is 0 Å². The van der Waals surface area contributed by atoms with E-state index in [-0.39, 0.29) is 23.1 Å². The topological polar surface area (TPSA) is 81.2 Å². The van der Waals surface area contributed by atoms with E-state index in [2.05, 4.69) is 60.3 Å². The van der Waals surface area contributed by atoms with Crippen molar-refractivity contribution in [3.8, 4) is 0 Å². The highest BCUT2D eigenvalue weighted by Gasteiger charge is 2.32. The van der Waals surface area contributed by atoms with Gasteiger partial charge in [-0.1, -0.05) is 63.2 Å². The molecule has 3 aromatic rings. The first-order chi connectivity index (χ1) is 15.3. The van der Waals surface area contributed by atoms with E-state index in [1.165, 1.54) is 5.56 Å². The van der Waals surface area contributed by atoms with Gasteiger partial charge in [0.1, 0.15) is 0 Å². The van der Waals surface area contributed by atoms with Gasteiger partial charge in [-0.2, -0.15) is 0 Å². The number of aromatic nitrogens is 2. The predicted molar refractivity (Wildman–Crippen MR) is 121 cm³/mol. The van der Waals surface area contributed by atoms with E-state index < -0.39 is 6.23 Å². The summed E-state index contributed by atoms with van der Waals surface area (Å²) in [5, 5.41) is 3.09. The van der Waals surface area contributed by atoms with Gasteiger partial charge in [-0.05, 0) is 34.9 Å². The second kappa shape index (κ2) is 7.55. The van der Waals surface area contributed by atoms with Crippen LogP contribution in [0.1, 0.15) is 82.4 Å². The molecule has 1 N–H and O–H groups in total. The molecule has 0 amide bonds. The minimum atomic E-state index is -0.642. The summed E-state index contributed by atoms with van der Waals surface area (Å²) >= 11 is 0. The second-order valence-corrected chi connectivity index (χ2v) is 9.47. The summed E-state index contributed by atoms with van der Waals surface area (Å²) in [4.78, 5) is 33.8. The Balaban J connectivity index is 1.38. The van der Waals surface area contributed by atoms with Gasteiger partial charge in [-0.3, -0.25) is 4.79 Å². The van der Waals surface area contributed by atoms with Gasteiger partial charge in [-0.15, -0.1) is 0 Å². The van der Waals surface area contributed by atoms with E-state index in [1.54, 1.807) is 18.3 Å². The van der Waals surface area contributed by atoms with Crippen LogP contribution < -0.4 is 5.32 Å². The minimum Gasteiger partial charge on any atom is -0.434 e. The zero-order valence-corrected chi connectivity index (χ0v) is 18.4. The van der Waals surface area contributed by atoms with Crippen LogP contribution in [0.2, 0.25) is 0 Å². The van der Waals surface area contributed by atoms with Crippen LogP contribution in [-0.4, -0.2) is 21.7 Å². The first kappa shape index (κ1) is 20.4. The van der Waals surface area contributed by atoms with E-state index in [0.717, 1.165) is 16.8 Å². The number of hydrogen-bond donors (Lipinski definition) is 1. The maximum absolute atomic E-state index is 12.8. The highest BCUT2D eigenvalue weighted by molar-refractivity contribution is 5.98. The van der Waals surface area contributed by atoms with Crippen molar-refractivity contribution < 1.29 is 14.3 Å². The third-order valence-electron chi connectivity index (χ3n) is 6.24. The fraction of sp³-hybridized carbons (Fsp3) is 0.308. The van der Waals surface area contributed by atoms with Crippen LogP contribution in [0.5, 0.6) is 0 Å². The molecule has 2 aromatic carbocycles. The molecule has 6 nitrogen and oxygen atoms in total. The molecule has 162 valence electrons. The Labute approximate surface area is 187 Å². The molecular weight excluding hydrogens is 402 g/mol. The number of esters is 1. The molecule has 1 aromatic heterocycles. The molecule has 6 heteroatoms. The summed E-state index contributed by atoms with van der Waals surface area (Å²) in [6, 6.07) is 15.8. The van der Waals surface area contributed by atoms with E-state index >= 15 is 0 Å². The van der Waals surface area contributed by atoms with Crippen LogP contribution in [0.25, 0.3) is 0 Å². The van der Waals surface area contributed by atoms with Gasteiger partial charge in [-0.25, -0.2) is 14.8 Å². The molecule has 1 aliphatic carbocycles. The summed E-state index contributed by atoms with van der Waals surface area (Å²) in [5.41, 5.74) is 5.09. The number of Topliss-reactive ketones (excluding diaryl/α,β-unsaturated/α-hetero) is 1. The molecule has 0 spiro atoms. The van der Waals surface area contributed by atoms with Crippen LogP contribution in [0, 0.1) is 0 Å². The fourth-order valence-electron chi connectivity index (χ4n) is 4.38. The molecule has 5 rings (SSSR count). The number of rotatable bonds is 3. The number of nitrogens with one attached hydrogen (secondary N) is 1. The molecule has 0 radical (unpaired) electrons. The number of carbonyl (C=O) groups excluding carboxylic acids is 2. The zero-order valence-electron chi connectivity index (χ0n) is 18.4. The molecule has 1 aliphatic heterocycles. The van der Waals surface area contributed by atoms with Crippen molar-refractivity contribution >= 4 is 17.7 Å². The number of fused-ring (bicyclic) bond motifs is 2. The van der Waals surface area contributed by atoms with Crippen molar-refractivity contribution in [1.82, 2.24) is 9.97 Å². The third kappa shape index (κ3) is 3.66. The van der Waals surface area contributed by atoms with E-state index in [9.17, 15) is 9.59 Å². The molecule has 2 unspecified atom stereocenters. The van der Waals surface area contributed by atoms with Gasteiger partial charge in [0.2, 0.25) is 12.2 Å². The highest BCUT2D eigenvalue weighted by atomic mass is 16.6. The van der Waals surface area contributed by atoms with Gasteiger partial charge in [0, 0.05) is 18.2 Å². The molecular formula is C26H25N3O3. The SMILES string of the molecule is CC(C)(C)c1ccc(C2CC(=O)c3cnc(NC4OC(=O)c5ccccc54)nc3C2)cc1. The summed E-state index contributed by atoms with van der Waals surface area (Å²) in [6.07, 6.45) is 2.05. The lowest BCUT2D eigenvalue weighted by Gasteiger charge is -2.25. The largest absolute Gasteiger partial charge is 0.434 e. The molecule has 2 heterocycles. The number of ketones is 1. The first-order valence-electron chi connectivity index (χ1n) is 10.9. The standard InChI is InChI=1S/C26H25N3O3/c1-26(2,3)17-10-8-15(9-11-17)16-12-21-20(22(30)13-16)14-27-25(28-21)29-23-18-6-4-5-7-19(18)24(31)32-23/h4-11,14,16,23H,12-13H2,1-3H3,(H,27,28,29). The Kier molecular flexibility index (Phi) is 4.81. The van der Waals surface area contributed by atoms with E-state index in [0.29, 0.717) is 29.9 Å². The molecule has 0 saturated heterocycles. The molecule has 2 aliphatic rings. The molecule has 0 bridgehead atoms. The number of benzene rings is 2. The van der Waals surface area contributed by atoms with Crippen molar-refractivity contribution in [3.63, 3.8) is 0 Å². The monoisotopic (exact) mass is 427 g/mol. The predicted octanol–water partition coefficient (Wildman–Crippen LogP) is 4.97. The number of anilines is 1. The van der Waals surface area contributed by atoms with Crippen molar-refractivity contribution in [2.24, 2.45) is 0 Å². The lowest BCUT2D eigenvalue weighted by Crippen LogP contribution is -2.22. The number of hydrogen-bond acceptors (Lipinski definition) is 6. The van der Waals surface area contributed by atoms with Crippen molar-refractivity contribution in [1.29, 1.82) is 0 Å². The fourth-order valence-corrected chi connectivity index (χ4v) is 4.38.